The molecule has 4 amide bonds. The Morgan fingerprint density at radius 1 is 1.22 bits per heavy atom. The van der Waals surface area contributed by atoms with Gasteiger partial charge in [-0.25, -0.2) is 0 Å². The molecule has 3 aliphatic rings. The van der Waals surface area contributed by atoms with Crippen molar-refractivity contribution >= 4 is 35.2 Å². The van der Waals surface area contributed by atoms with E-state index in [9.17, 15) is 28.0 Å². The molecule has 2 saturated heterocycles. The number of alkyl halides is 3. The molecule has 3 aliphatic heterocycles. The Balaban J connectivity index is 1.38. The van der Waals surface area contributed by atoms with Gasteiger partial charge in [-0.1, -0.05) is 12.1 Å². The van der Waals surface area contributed by atoms with Crippen LogP contribution < -0.4 is 16.0 Å². The second-order valence-corrected chi connectivity index (χ2v) is 8.95. The highest BCUT2D eigenvalue weighted by atomic mass is 35.5. The highest BCUT2D eigenvalue weighted by Crippen LogP contribution is 2.29. The Morgan fingerprint density at radius 3 is 2.69 bits per heavy atom. The second kappa shape index (κ2) is 8.74. The second-order valence-electron chi connectivity index (χ2n) is 8.33. The van der Waals surface area contributed by atoms with Crippen molar-refractivity contribution in [3.8, 4) is 0 Å². The summed E-state index contributed by atoms with van der Waals surface area (Å²) < 4.78 is 29.0. The zero-order chi connectivity index (χ0) is 23.0. The third kappa shape index (κ3) is 4.33. The third-order valence-corrected chi connectivity index (χ3v) is 6.51. The number of halogens is 3. The summed E-state index contributed by atoms with van der Waals surface area (Å²) in [5.74, 6) is -6.14. The smallest absolute Gasteiger partial charge is 0.339 e. The van der Waals surface area contributed by atoms with Gasteiger partial charge >= 0.3 is 5.92 Å². The number of carbonyl (C=O) groups excluding carboxylic acids is 4. The SMILES string of the molecule is O=C1CCC(N2Cc3cc(CNC(=O)C(F)(F)C4CCC(Cl)CN4)ccc3C2=O)C(=O)N1. The lowest BCUT2D eigenvalue weighted by atomic mass is 9.98. The van der Waals surface area contributed by atoms with Gasteiger partial charge in [-0.2, -0.15) is 8.78 Å². The fourth-order valence-corrected chi connectivity index (χ4v) is 4.54. The van der Waals surface area contributed by atoms with Crippen molar-refractivity contribution in [3.05, 3.63) is 34.9 Å². The van der Waals surface area contributed by atoms with Gasteiger partial charge in [0.1, 0.15) is 6.04 Å². The van der Waals surface area contributed by atoms with E-state index in [4.69, 9.17) is 11.6 Å². The summed E-state index contributed by atoms with van der Waals surface area (Å²) in [6.07, 6.45) is 0.918. The number of imide groups is 1. The fraction of sp³-hybridized carbons (Fsp3) is 0.524. The van der Waals surface area contributed by atoms with Crippen LogP contribution in [-0.2, 0) is 27.5 Å². The van der Waals surface area contributed by atoms with Crippen molar-refractivity contribution in [1.29, 1.82) is 0 Å². The zero-order valence-electron chi connectivity index (χ0n) is 17.1. The quantitative estimate of drug-likeness (QED) is 0.442. The molecule has 11 heteroatoms. The number of fused-ring (bicyclic) bond motifs is 1. The Morgan fingerprint density at radius 2 is 2.00 bits per heavy atom. The maximum Gasteiger partial charge on any atom is 0.339 e. The summed E-state index contributed by atoms with van der Waals surface area (Å²) in [5, 5.41) is 6.92. The topological polar surface area (TPSA) is 108 Å². The molecule has 0 saturated carbocycles. The van der Waals surface area contributed by atoms with Gasteiger partial charge in [0.05, 0.1) is 6.04 Å². The van der Waals surface area contributed by atoms with Gasteiger partial charge in [0.15, 0.2) is 0 Å². The van der Waals surface area contributed by atoms with E-state index in [0.29, 0.717) is 23.1 Å². The van der Waals surface area contributed by atoms with Gasteiger partial charge in [-0.3, -0.25) is 24.5 Å². The monoisotopic (exact) mass is 468 g/mol. The van der Waals surface area contributed by atoms with E-state index < -0.39 is 29.8 Å². The number of hydrogen-bond donors (Lipinski definition) is 3. The summed E-state index contributed by atoms with van der Waals surface area (Å²) in [6, 6.07) is 2.81. The maximum absolute atomic E-state index is 14.5. The van der Waals surface area contributed by atoms with Crippen molar-refractivity contribution < 1.29 is 28.0 Å². The lowest BCUT2D eigenvalue weighted by Crippen LogP contribution is -2.57. The number of rotatable bonds is 5. The first kappa shape index (κ1) is 22.6. The molecule has 0 bridgehead atoms. The number of benzene rings is 1. The highest BCUT2D eigenvalue weighted by Gasteiger charge is 2.48. The lowest BCUT2D eigenvalue weighted by Gasteiger charge is -2.31. The van der Waals surface area contributed by atoms with Crippen LogP contribution in [0.1, 0.15) is 47.2 Å². The van der Waals surface area contributed by atoms with E-state index in [0.717, 1.165) is 0 Å². The molecule has 1 aromatic carbocycles. The molecule has 3 N–H and O–H groups in total. The summed E-state index contributed by atoms with van der Waals surface area (Å²) >= 11 is 5.91. The predicted molar refractivity (Wildman–Crippen MR) is 110 cm³/mol. The van der Waals surface area contributed by atoms with Crippen LogP contribution in [0.3, 0.4) is 0 Å². The van der Waals surface area contributed by atoms with E-state index in [1.54, 1.807) is 18.2 Å². The normalized spacial score (nSPS) is 26.0. The van der Waals surface area contributed by atoms with Gasteiger partial charge < -0.3 is 15.5 Å². The van der Waals surface area contributed by atoms with E-state index in [1.165, 1.54) is 4.90 Å². The molecule has 0 aromatic heterocycles. The summed E-state index contributed by atoms with van der Waals surface area (Å²) in [7, 11) is 0. The van der Waals surface area contributed by atoms with Gasteiger partial charge in [-0.15, -0.1) is 11.6 Å². The zero-order valence-corrected chi connectivity index (χ0v) is 17.9. The summed E-state index contributed by atoms with van der Waals surface area (Å²) in [4.78, 5) is 49.7. The van der Waals surface area contributed by atoms with Crippen LogP contribution in [0.5, 0.6) is 0 Å². The first-order valence-corrected chi connectivity index (χ1v) is 10.9. The fourth-order valence-electron chi connectivity index (χ4n) is 4.33. The molecule has 0 aliphatic carbocycles. The maximum atomic E-state index is 14.5. The van der Waals surface area contributed by atoms with E-state index >= 15 is 0 Å². The summed E-state index contributed by atoms with van der Waals surface area (Å²) in [6.45, 7) is 0.265. The number of amides is 4. The number of nitrogens with zero attached hydrogens (tertiary/aromatic N) is 1. The van der Waals surface area contributed by atoms with Crippen LogP contribution in [0, 0.1) is 0 Å². The van der Waals surface area contributed by atoms with Gasteiger partial charge in [0.25, 0.3) is 11.8 Å². The Kier molecular flexibility index (Phi) is 6.17. The molecule has 0 spiro atoms. The molecule has 2 fully saturated rings. The number of piperidine rings is 2. The van der Waals surface area contributed by atoms with Crippen LogP contribution >= 0.6 is 11.6 Å². The van der Waals surface area contributed by atoms with Crippen molar-refractivity contribution in [1.82, 2.24) is 20.9 Å². The lowest BCUT2D eigenvalue weighted by molar-refractivity contribution is -0.151. The van der Waals surface area contributed by atoms with E-state index in [-0.39, 0.29) is 56.1 Å². The predicted octanol–water partition coefficient (Wildman–Crippen LogP) is 1.06. The largest absolute Gasteiger partial charge is 0.347 e. The molecule has 1 aromatic rings. The highest BCUT2D eigenvalue weighted by molar-refractivity contribution is 6.20. The van der Waals surface area contributed by atoms with Crippen molar-refractivity contribution in [2.45, 2.75) is 62.2 Å². The summed E-state index contributed by atoms with van der Waals surface area (Å²) in [5.41, 5.74) is 1.61. The minimum atomic E-state index is -3.58. The Labute approximate surface area is 188 Å². The Bertz CT molecular complexity index is 965. The molecular formula is C21H23ClF2N4O4. The van der Waals surface area contributed by atoms with Gasteiger partial charge in [0.2, 0.25) is 11.8 Å². The third-order valence-electron chi connectivity index (χ3n) is 6.14. The van der Waals surface area contributed by atoms with Crippen LogP contribution in [0.4, 0.5) is 8.78 Å². The van der Waals surface area contributed by atoms with Crippen LogP contribution in [0.2, 0.25) is 0 Å². The molecule has 3 unspecified atom stereocenters. The molecule has 172 valence electrons. The van der Waals surface area contributed by atoms with Crippen molar-refractivity contribution in [2.75, 3.05) is 6.54 Å². The molecule has 4 rings (SSSR count). The standard InChI is InChI=1S/C21H23ClF2N4O4/c22-13-2-5-16(25-9-13)21(23,24)20(32)26-8-11-1-3-14-12(7-11)10-28(19(14)31)15-4-6-17(29)27-18(15)30/h1,3,7,13,15-16,25H,2,4-6,8-10H2,(H,26,32)(H,27,29,30). The Hall–Kier alpha value is -2.59. The number of hydrogen-bond acceptors (Lipinski definition) is 5. The van der Waals surface area contributed by atoms with Crippen molar-refractivity contribution in [2.24, 2.45) is 0 Å². The molecule has 8 nitrogen and oxygen atoms in total. The molecule has 0 radical (unpaired) electrons. The number of carbonyl (C=O) groups is 4. The van der Waals surface area contributed by atoms with Crippen LogP contribution in [0.25, 0.3) is 0 Å². The van der Waals surface area contributed by atoms with Crippen molar-refractivity contribution in [3.63, 3.8) is 0 Å². The van der Waals surface area contributed by atoms with Gasteiger partial charge in [0, 0.05) is 37.0 Å². The number of nitrogens with one attached hydrogen (secondary N) is 3. The first-order valence-electron chi connectivity index (χ1n) is 10.5. The average Bonchev–Trinajstić information content (AvgIpc) is 3.08. The van der Waals surface area contributed by atoms with Crippen LogP contribution in [-0.4, -0.2) is 58.5 Å². The molecule has 32 heavy (non-hydrogen) atoms. The molecule has 3 atom stereocenters. The molecular weight excluding hydrogens is 446 g/mol. The van der Waals surface area contributed by atoms with E-state index in [1.807, 2.05) is 0 Å². The van der Waals surface area contributed by atoms with Crippen LogP contribution in [0.15, 0.2) is 18.2 Å². The average molecular weight is 469 g/mol. The minimum Gasteiger partial charge on any atom is -0.347 e. The van der Waals surface area contributed by atoms with E-state index in [2.05, 4.69) is 16.0 Å². The molecule has 3 heterocycles. The minimum absolute atomic E-state index is 0.103. The van der Waals surface area contributed by atoms with Gasteiger partial charge in [-0.05, 0) is 36.5 Å². The first-order chi connectivity index (χ1) is 15.2.